The van der Waals surface area contributed by atoms with Gasteiger partial charge in [0.15, 0.2) is 0 Å². The predicted octanol–water partition coefficient (Wildman–Crippen LogP) is 2.37. The monoisotopic (exact) mass is 215 g/mol. The molecule has 0 aliphatic carbocycles. The Morgan fingerprint density at radius 1 is 1.43 bits per heavy atom. The Kier molecular flexibility index (Phi) is 3.56. The molecule has 0 saturated carbocycles. The predicted molar refractivity (Wildman–Crippen MR) is 59.1 cm³/mol. The van der Waals surface area contributed by atoms with Crippen molar-refractivity contribution in [1.29, 1.82) is 0 Å². The van der Waals surface area contributed by atoms with E-state index in [9.17, 15) is 0 Å². The first-order valence-corrected chi connectivity index (χ1v) is 5.26. The molecule has 0 fully saturated rings. The number of rotatable bonds is 3. The molecule has 3 nitrogen and oxygen atoms in total. The lowest BCUT2D eigenvalue weighted by atomic mass is 9.89. The minimum absolute atomic E-state index is 0.0463. The van der Waals surface area contributed by atoms with Gasteiger partial charge in [-0.15, -0.1) is 0 Å². The zero-order valence-corrected chi connectivity index (χ0v) is 9.92. The van der Waals surface area contributed by atoms with Crippen LogP contribution < -0.4 is 5.73 Å². The summed E-state index contributed by atoms with van der Waals surface area (Å²) in [5, 5.41) is 4.74. The molecule has 1 aromatic rings. The Labute approximate surface area is 90.2 Å². The Hall–Kier alpha value is -0.540. The Bertz CT molecular complexity index is 287. The van der Waals surface area contributed by atoms with Gasteiger partial charge in [-0.3, -0.25) is 4.68 Å². The van der Waals surface area contributed by atoms with Crippen LogP contribution in [0.3, 0.4) is 0 Å². The lowest BCUT2D eigenvalue weighted by Crippen LogP contribution is -2.25. The van der Waals surface area contributed by atoms with Gasteiger partial charge in [-0.25, -0.2) is 0 Å². The van der Waals surface area contributed by atoms with E-state index in [0.29, 0.717) is 16.9 Å². The molecule has 2 N–H and O–H groups in total. The molecule has 0 spiro atoms. The highest BCUT2D eigenvalue weighted by Crippen LogP contribution is 2.29. The Balaban J connectivity index is 2.94. The summed E-state index contributed by atoms with van der Waals surface area (Å²) in [4.78, 5) is 0. The average molecular weight is 216 g/mol. The van der Waals surface area contributed by atoms with Crippen LogP contribution in [0.2, 0.25) is 5.02 Å². The van der Waals surface area contributed by atoms with E-state index in [-0.39, 0.29) is 6.04 Å². The van der Waals surface area contributed by atoms with Crippen LogP contribution in [0.15, 0.2) is 6.20 Å². The van der Waals surface area contributed by atoms with E-state index in [1.54, 1.807) is 10.9 Å². The van der Waals surface area contributed by atoms with E-state index in [4.69, 9.17) is 17.3 Å². The van der Waals surface area contributed by atoms with Gasteiger partial charge in [-0.1, -0.05) is 32.4 Å². The van der Waals surface area contributed by atoms with Crippen LogP contribution in [-0.2, 0) is 7.05 Å². The van der Waals surface area contributed by atoms with Gasteiger partial charge in [0.05, 0.1) is 23.0 Å². The highest BCUT2D eigenvalue weighted by atomic mass is 35.5. The summed E-state index contributed by atoms with van der Waals surface area (Å²) in [7, 11) is 1.87. The summed E-state index contributed by atoms with van der Waals surface area (Å²) >= 11 is 6.03. The summed E-state index contributed by atoms with van der Waals surface area (Å²) in [5.74, 6) is 0.930. The molecule has 2 atom stereocenters. The van der Waals surface area contributed by atoms with Gasteiger partial charge in [-0.2, -0.15) is 5.10 Å². The van der Waals surface area contributed by atoms with Crippen LogP contribution >= 0.6 is 11.6 Å². The third-order valence-electron chi connectivity index (χ3n) is 2.87. The van der Waals surface area contributed by atoms with E-state index in [1.807, 2.05) is 7.05 Å². The van der Waals surface area contributed by atoms with Gasteiger partial charge < -0.3 is 5.73 Å². The van der Waals surface area contributed by atoms with Crippen molar-refractivity contribution in [2.45, 2.75) is 26.8 Å². The summed E-state index contributed by atoms with van der Waals surface area (Å²) in [6, 6.07) is -0.0463. The minimum atomic E-state index is -0.0463. The molecule has 1 heterocycles. The second kappa shape index (κ2) is 4.32. The topological polar surface area (TPSA) is 43.8 Å². The van der Waals surface area contributed by atoms with Crippen molar-refractivity contribution in [3.05, 3.63) is 16.9 Å². The first-order valence-electron chi connectivity index (χ1n) is 4.88. The van der Waals surface area contributed by atoms with Gasteiger partial charge >= 0.3 is 0 Å². The van der Waals surface area contributed by atoms with E-state index in [2.05, 4.69) is 25.9 Å². The van der Waals surface area contributed by atoms with Crippen LogP contribution in [0, 0.1) is 11.8 Å². The van der Waals surface area contributed by atoms with Gasteiger partial charge in [0.25, 0.3) is 0 Å². The third-order valence-corrected chi connectivity index (χ3v) is 3.16. The molecule has 0 saturated heterocycles. The van der Waals surface area contributed by atoms with Crippen molar-refractivity contribution >= 4 is 11.6 Å². The number of nitrogens with two attached hydrogens (primary N) is 1. The normalized spacial score (nSPS) is 15.9. The smallest absolute Gasteiger partial charge is 0.0834 e. The number of hydrogen-bond donors (Lipinski definition) is 1. The SMILES string of the molecule is CC(C)C(C)C(N)c1c(Cl)cnn1C. The molecule has 0 aliphatic heterocycles. The average Bonchev–Trinajstić information content (AvgIpc) is 2.44. The van der Waals surface area contributed by atoms with Crippen molar-refractivity contribution in [3.63, 3.8) is 0 Å². The first kappa shape index (κ1) is 11.5. The summed E-state index contributed by atoms with van der Waals surface area (Å²) < 4.78 is 1.76. The number of aromatic nitrogens is 2. The molecular weight excluding hydrogens is 198 g/mol. The number of aryl methyl sites for hydroxylation is 1. The van der Waals surface area contributed by atoms with Gasteiger partial charge in [0, 0.05) is 7.05 Å². The largest absolute Gasteiger partial charge is 0.322 e. The quantitative estimate of drug-likeness (QED) is 0.842. The van der Waals surface area contributed by atoms with Crippen molar-refractivity contribution in [1.82, 2.24) is 9.78 Å². The molecule has 1 aromatic heterocycles. The van der Waals surface area contributed by atoms with E-state index < -0.39 is 0 Å². The highest BCUT2D eigenvalue weighted by Gasteiger charge is 2.23. The molecule has 2 unspecified atom stereocenters. The molecule has 0 aromatic carbocycles. The maximum Gasteiger partial charge on any atom is 0.0834 e. The number of halogens is 1. The maximum atomic E-state index is 6.14. The summed E-state index contributed by atoms with van der Waals surface area (Å²) in [6.45, 7) is 6.46. The van der Waals surface area contributed by atoms with Gasteiger partial charge in [-0.05, 0) is 11.8 Å². The van der Waals surface area contributed by atoms with Crippen molar-refractivity contribution in [3.8, 4) is 0 Å². The summed E-state index contributed by atoms with van der Waals surface area (Å²) in [6.07, 6.45) is 1.64. The molecule has 0 bridgehead atoms. The molecule has 0 aliphatic rings. The third kappa shape index (κ3) is 2.10. The Morgan fingerprint density at radius 3 is 2.36 bits per heavy atom. The second-order valence-electron chi connectivity index (χ2n) is 4.13. The van der Waals surface area contributed by atoms with Gasteiger partial charge in [0.2, 0.25) is 0 Å². The lowest BCUT2D eigenvalue weighted by molar-refractivity contribution is 0.340. The summed E-state index contributed by atoms with van der Waals surface area (Å²) in [5.41, 5.74) is 7.06. The van der Waals surface area contributed by atoms with Gasteiger partial charge in [0.1, 0.15) is 0 Å². The van der Waals surface area contributed by atoms with Crippen LogP contribution in [0.1, 0.15) is 32.5 Å². The Morgan fingerprint density at radius 2 is 2.00 bits per heavy atom. The van der Waals surface area contributed by atoms with Crippen LogP contribution in [0.5, 0.6) is 0 Å². The van der Waals surface area contributed by atoms with Crippen molar-refractivity contribution < 1.29 is 0 Å². The van der Waals surface area contributed by atoms with E-state index in [0.717, 1.165) is 5.69 Å². The molecule has 14 heavy (non-hydrogen) atoms. The number of hydrogen-bond acceptors (Lipinski definition) is 2. The standard InChI is InChI=1S/C10H18ClN3/c1-6(2)7(3)9(12)10-8(11)5-13-14(10)4/h5-7,9H,12H2,1-4H3. The zero-order valence-electron chi connectivity index (χ0n) is 9.16. The van der Waals surface area contributed by atoms with Crippen LogP contribution in [-0.4, -0.2) is 9.78 Å². The fourth-order valence-corrected chi connectivity index (χ4v) is 1.75. The fourth-order valence-electron chi connectivity index (χ4n) is 1.46. The molecule has 0 amide bonds. The van der Waals surface area contributed by atoms with E-state index >= 15 is 0 Å². The molecule has 1 rings (SSSR count). The van der Waals surface area contributed by atoms with Crippen molar-refractivity contribution in [2.75, 3.05) is 0 Å². The molecule has 0 radical (unpaired) electrons. The molecule has 4 heteroatoms. The lowest BCUT2D eigenvalue weighted by Gasteiger charge is -2.23. The van der Waals surface area contributed by atoms with Crippen molar-refractivity contribution in [2.24, 2.45) is 24.6 Å². The molecule has 80 valence electrons. The molecular formula is C10H18ClN3. The minimum Gasteiger partial charge on any atom is -0.322 e. The second-order valence-corrected chi connectivity index (χ2v) is 4.54. The van der Waals surface area contributed by atoms with E-state index in [1.165, 1.54) is 0 Å². The fraction of sp³-hybridized carbons (Fsp3) is 0.700. The van der Waals surface area contributed by atoms with Crippen LogP contribution in [0.25, 0.3) is 0 Å². The maximum absolute atomic E-state index is 6.14. The first-order chi connectivity index (χ1) is 6.45. The highest BCUT2D eigenvalue weighted by molar-refractivity contribution is 6.31. The van der Waals surface area contributed by atoms with Crippen LogP contribution in [0.4, 0.5) is 0 Å². The number of nitrogens with zero attached hydrogens (tertiary/aromatic N) is 2. The zero-order chi connectivity index (χ0) is 10.9.